The highest BCUT2D eigenvalue weighted by Gasteiger charge is 2.12. The molecule has 0 bridgehead atoms. The van der Waals surface area contributed by atoms with Crippen molar-refractivity contribution in [2.75, 3.05) is 20.8 Å². The Kier molecular flexibility index (Phi) is 6.67. The first-order chi connectivity index (χ1) is 9.14. The molecule has 1 unspecified atom stereocenters. The molecule has 0 aliphatic rings. The largest absolute Gasteiger partial charge is 0.497 e. The van der Waals surface area contributed by atoms with Gasteiger partial charge in [0.25, 0.3) is 0 Å². The Balaban J connectivity index is 2.72. The van der Waals surface area contributed by atoms with Crippen LogP contribution in [0.15, 0.2) is 18.2 Å². The van der Waals surface area contributed by atoms with Crippen LogP contribution in [-0.4, -0.2) is 31.9 Å². The highest BCUT2D eigenvalue weighted by molar-refractivity contribution is 5.39. The minimum Gasteiger partial charge on any atom is -0.497 e. The molecule has 0 aliphatic carbocycles. The van der Waals surface area contributed by atoms with Crippen molar-refractivity contribution in [3.8, 4) is 11.5 Å². The van der Waals surface area contributed by atoms with Crippen molar-refractivity contribution in [1.29, 1.82) is 0 Å². The monoisotopic (exact) mass is 267 g/mol. The maximum absolute atomic E-state index is 10.2. The van der Waals surface area contributed by atoms with E-state index in [0.29, 0.717) is 24.1 Å². The smallest absolute Gasteiger partial charge is 0.122 e. The van der Waals surface area contributed by atoms with Crippen LogP contribution >= 0.6 is 0 Å². The van der Waals surface area contributed by atoms with Crippen molar-refractivity contribution in [2.45, 2.75) is 38.8 Å². The Morgan fingerprint density at radius 2 is 1.58 bits per heavy atom. The van der Waals surface area contributed by atoms with Crippen LogP contribution in [0.1, 0.15) is 38.4 Å². The molecule has 2 N–H and O–H groups in total. The van der Waals surface area contributed by atoms with Gasteiger partial charge in [-0.25, -0.2) is 0 Å². The lowest BCUT2D eigenvalue weighted by atomic mass is 10.1. The van der Waals surface area contributed by atoms with Crippen LogP contribution in [0.4, 0.5) is 0 Å². The SMILES string of the molecule is CCC(CC)NCC(O)c1cc(OC)cc(OC)c1. The summed E-state index contributed by atoms with van der Waals surface area (Å²) in [6.45, 7) is 4.81. The summed E-state index contributed by atoms with van der Waals surface area (Å²) in [7, 11) is 3.21. The number of nitrogens with one attached hydrogen (secondary N) is 1. The van der Waals surface area contributed by atoms with Gasteiger partial charge in [-0.2, -0.15) is 0 Å². The van der Waals surface area contributed by atoms with Gasteiger partial charge in [-0.15, -0.1) is 0 Å². The summed E-state index contributed by atoms with van der Waals surface area (Å²) in [5.41, 5.74) is 0.801. The zero-order chi connectivity index (χ0) is 14.3. The molecule has 1 aromatic rings. The van der Waals surface area contributed by atoms with Gasteiger partial charge < -0.3 is 19.9 Å². The third-order valence-electron chi connectivity index (χ3n) is 3.34. The van der Waals surface area contributed by atoms with E-state index in [9.17, 15) is 5.11 Å². The molecule has 0 fully saturated rings. The highest BCUT2D eigenvalue weighted by Crippen LogP contribution is 2.26. The first-order valence-corrected chi connectivity index (χ1v) is 6.78. The lowest BCUT2D eigenvalue weighted by Gasteiger charge is -2.19. The molecule has 1 aromatic carbocycles. The molecule has 0 radical (unpaired) electrons. The summed E-state index contributed by atoms with van der Waals surface area (Å²) < 4.78 is 10.4. The number of aliphatic hydroxyl groups excluding tert-OH is 1. The predicted molar refractivity (Wildman–Crippen MR) is 76.9 cm³/mol. The van der Waals surface area contributed by atoms with Gasteiger partial charge in [0, 0.05) is 18.7 Å². The topological polar surface area (TPSA) is 50.7 Å². The Morgan fingerprint density at radius 3 is 2.00 bits per heavy atom. The van der Waals surface area contributed by atoms with Crippen molar-refractivity contribution in [3.63, 3.8) is 0 Å². The van der Waals surface area contributed by atoms with E-state index in [1.165, 1.54) is 0 Å². The van der Waals surface area contributed by atoms with Crippen LogP contribution in [0.25, 0.3) is 0 Å². The third-order valence-corrected chi connectivity index (χ3v) is 3.34. The Hall–Kier alpha value is -1.26. The van der Waals surface area contributed by atoms with E-state index >= 15 is 0 Å². The van der Waals surface area contributed by atoms with Gasteiger partial charge in [0.15, 0.2) is 0 Å². The second kappa shape index (κ2) is 8.02. The minimum atomic E-state index is -0.565. The van der Waals surface area contributed by atoms with Crippen LogP contribution in [-0.2, 0) is 0 Å². The van der Waals surface area contributed by atoms with E-state index in [2.05, 4.69) is 19.2 Å². The predicted octanol–water partition coefficient (Wildman–Crippen LogP) is 2.52. The van der Waals surface area contributed by atoms with Crippen LogP contribution in [0.3, 0.4) is 0 Å². The van der Waals surface area contributed by atoms with Crippen LogP contribution in [0.2, 0.25) is 0 Å². The summed E-state index contributed by atoms with van der Waals surface area (Å²) in [6, 6.07) is 5.91. The average molecular weight is 267 g/mol. The summed E-state index contributed by atoms with van der Waals surface area (Å²) >= 11 is 0. The fraction of sp³-hybridized carbons (Fsp3) is 0.600. The number of ether oxygens (including phenoxy) is 2. The molecule has 108 valence electrons. The number of rotatable bonds is 8. The number of hydrogen-bond acceptors (Lipinski definition) is 4. The fourth-order valence-electron chi connectivity index (χ4n) is 2.00. The Morgan fingerprint density at radius 1 is 1.05 bits per heavy atom. The van der Waals surface area contributed by atoms with Gasteiger partial charge in [-0.3, -0.25) is 0 Å². The second-order valence-corrected chi connectivity index (χ2v) is 4.58. The molecular weight excluding hydrogens is 242 g/mol. The first kappa shape index (κ1) is 15.8. The Bertz CT molecular complexity index is 355. The summed E-state index contributed by atoms with van der Waals surface area (Å²) in [4.78, 5) is 0. The fourth-order valence-corrected chi connectivity index (χ4v) is 2.00. The number of aliphatic hydroxyl groups is 1. The maximum atomic E-state index is 10.2. The average Bonchev–Trinajstić information content (AvgIpc) is 2.47. The molecular formula is C15H25NO3. The van der Waals surface area contributed by atoms with Gasteiger partial charge in [0.2, 0.25) is 0 Å². The molecule has 1 rings (SSSR count). The van der Waals surface area contributed by atoms with E-state index < -0.39 is 6.10 Å². The van der Waals surface area contributed by atoms with Crippen molar-refractivity contribution >= 4 is 0 Å². The molecule has 0 saturated carbocycles. The van der Waals surface area contributed by atoms with Crippen molar-refractivity contribution in [2.24, 2.45) is 0 Å². The zero-order valence-electron chi connectivity index (χ0n) is 12.3. The van der Waals surface area contributed by atoms with Crippen molar-refractivity contribution < 1.29 is 14.6 Å². The van der Waals surface area contributed by atoms with E-state index in [4.69, 9.17) is 9.47 Å². The van der Waals surface area contributed by atoms with E-state index in [0.717, 1.165) is 18.4 Å². The highest BCUT2D eigenvalue weighted by atomic mass is 16.5. The standard InChI is InChI=1S/C15H25NO3/c1-5-12(6-2)16-10-15(17)11-7-13(18-3)9-14(8-11)19-4/h7-9,12,15-17H,5-6,10H2,1-4H3. The van der Waals surface area contributed by atoms with Gasteiger partial charge in [-0.05, 0) is 30.5 Å². The second-order valence-electron chi connectivity index (χ2n) is 4.58. The quantitative estimate of drug-likeness (QED) is 0.760. The lowest BCUT2D eigenvalue weighted by molar-refractivity contribution is 0.168. The van der Waals surface area contributed by atoms with Crippen LogP contribution < -0.4 is 14.8 Å². The molecule has 0 aliphatic heterocycles. The van der Waals surface area contributed by atoms with E-state index in [1.54, 1.807) is 20.3 Å². The molecule has 0 heterocycles. The Labute approximate surface area is 115 Å². The van der Waals surface area contributed by atoms with Crippen LogP contribution in [0, 0.1) is 0 Å². The molecule has 0 aromatic heterocycles. The lowest BCUT2D eigenvalue weighted by Crippen LogP contribution is -2.31. The summed E-state index contributed by atoms with van der Waals surface area (Å²) in [6.07, 6.45) is 1.56. The number of hydrogen-bond donors (Lipinski definition) is 2. The van der Waals surface area contributed by atoms with Gasteiger partial charge in [0.1, 0.15) is 11.5 Å². The summed E-state index contributed by atoms with van der Waals surface area (Å²) in [5, 5.41) is 13.6. The first-order valence-electron chi connectivity index (χ1n) is 6.78. The number of methoxy groups -OCH3 is 2. The normalized spacial score (nSPS) is 12.5. The maximum Gasteiger partial charge on any atom is 0.122 e. The summed E-state index contributed by atoms with van der Waals surface area (Å²) in [5.74, 6) is 1.38. The van der Waals surface area contributed by atoms with Gasteiger partial charge in [-0.1, -0.05) is 13.8 Å². The zero-order valence-corrected chi connectivity index (χ0v) is 12.3. The van der Waals surface area contributed by atoms with Crippen molar-refractivity contribution in [1.82, 2.24) is 5.32 Å². The molecule has 0 amide bonds. The number of benzene rings is 1. The molecule has 4 heteroatoms. The van der Waals surface area contributed by atoms with E-state index in [-0.39, 0.29) is 0 Å². The molecule has 19 heavy (non-hydrogen) atoms. The van der Waals surface area contributed by atoms with E-state index in [1.807, 2.05) is 12.1 Å². The van der Waals surface area contributed by atoms with Gasteiger partial charge >= 0.3 is 0 Å². The van der Waals surface area contributed by atoms with Gasteiger partial charge in [0.05, 0.1) is 20.3 Å². The minimum absolute atomic E-state index is 0.446. The van der Waals surface area contributed by atoms with Crippen molar-refractivity contribution in [3.05, 3.63) is 23.8 Å². The molecule has 0 spiro atoms. The molecule has 4 nitrogen and oxygen atoms in total. The molecule has 0 saturated heterocycles. The molecule has 1 atom stereocenters. The van der Waals surface area contributed by atoms with Crippen LogP contribution in [0.5, 0.6) is 11.5 Å². The third kappa shape index (κ3) is 4.73.